The second-order valence-corrected chi connectivity index (χ2v) is 7.87. The third-order valence-corrected chi connectivity index (χ3v) is 5.39. The second kappa shape index (κ2) is 13.7. The van der Waals surface area contributed by atoms with Crippen LogP contribution in [0.25, 0.3) is 0 Å². The zero-order chi connectivity index (χ0) is 24.9. The van der Waals surface area contributed by atoms with Gasteiger partial charge in [-0.1, -0.05) is 31.7 Å². The SMILES string of the molecule is C=CN/C=C\C(=C/C(CC)c1ccc(C)c(F)c1)C(/C=C\N=C)=NCNc1c(C)cncc1C. The molecule has 34 heavy (non-hydrogen) atoms. The second-order valence-electron chi connectivity index (χ2n) is 7.87. The van der Waals surface area contributed by atoms with E-state index in [9.17, 15) is 4.39 Å². The van der Waals surface area contributed by atoms with Crippen LogP contribution in [-0.4, -0.2) is 24.1 Å². The fourth-order valence-corrected chi connectivity index (χ4v) is 3.49. The number of rotatable bonds is 12. The number of halogens is 1. The van der Waals surface area contributed by atoms with Gasteiger partial charge < -0.3 is 10.6 Å². The van der Waals surface area contributed by atoms with Crippen molar-refractivity contribution in [1.82, 2.24) is 10.3 Å². The van der Waals surface area contributed by atoms with Crippen molar-refractivity contribution in [2.45, 2.75) is 40.0 Å². The first-order chi connectivity index (χ1) is 16.4. The summed E-state index contributed by atoms with van der Waals surface area (Å²) in [6.45, 7) is 15.5. The highest BCUT2D eigenvalue weighted by Crippen LogP contribution is 2.25. The predicted molar refractivity (Wildman–Crippen MR) is 143 cm³/mol. The quantitative estimate of drug-likeness (QED) is 0.280. The number of benzene rings is 1. The van der Waals surface area contributed by atoms with Crippen LogP contribution in [0, 0.1) is 26.6 Å². The van der Waals surface area contributed by atoms with E-state index >= 15 is 0 Å². The van der Waals surface area contributed by atoms with Gasteiger partial charge in [-0.15, -0.1) is 0 Å². The predicted octanol–water partition coefficient (Wildman–Crippen LogP) is 6.54. The summed E-state index contributed by atoms with van der Waals surface area (Å²) in [5.74, 6) is -0.196. The van der Waals surface area contributed by atoms with E-state index in [4.69, 9.17) is 4.99 Å². The van der Waals surface area contributed by atoms with Gasteiger partial charge in [-0.05, 0) is 86.2 Å². The summed E-state index contributed by atoms with van der Waals surface area (Å²) in [5.41, 5.74) is 6.26. The van der Waals surface area contributed by atoms with Gasteiger partial charge in [-0.2, -0.15) is 0 Å². The van der Waals surface area contributed by atoms with Crippen molar-refractivity contribution < 1.29 is 4.39 Å². The molecule has 0 saturated heterocycles. The standard InChI is InChI=1S/C28H34FN5/c1-7-23(24-10-9-20(3)26(29)16-24)15-25(11-14-31-8-2)27(12-13-30-6)33-19-34-28-21(4)17-32-18-22(28)5/h8-18,23,31H,2,6-7,19H2,1,3-5H3,(H,32,34)/b13-12-,14-11-,25-15+,33-27?. The summed E-state index contributed by atoms with van der Waals surface area (Å²) in [6.07, 6.45) is 15.3. The van der Waals surface area contributed by atoms with E-state index in [1.807, 2.05) is 50.5 Å². The van der Waals surface area contributed by atoms with Crippen LogP contribution in [0.2, 0.25) is 0 Å². The molecule has 2 aromatic rings. The van der Waals surface area contributed by atoms with Crippen LogP contribution >= 0.6 is 0 Å². The maximum atomic E-state index is 14.3. The van der Waals surface area contributed by atoms with Crippen molar-refractivity contribution in [3.63, 3.8) is 0 Å². The molecule has 0 bridgehead atoms. The minimum Gasteiger partial charge on any atom is -0.368 e. The number of pyridine rings is 1. The van der Waals surface area contributed by atoms with Crippen molar-refractivity contribution in [1.29, 1.82) is 0 Å². The summed E-state index contributed by atoms with van der Waals surface area (Å²) < 4.78 is 14.3. The molecule has 1 unspecified atom stereocenters. The van der Waals surface area contributed by atoms with Gasteiger partial charge in [0.2, 0.25) is 0 Å². The van der Waals surface area contributed by atoms with Crippen LogP contribution in [-0.2, 0) is 0 Å². The van der Waals surface area contributed by atoms with Crippen molar-refractivity contribution in [2.24, 2.45) is 9.98 Å². The van der Waals surface area contributed by atoms with E-state index in [2.05, 4.69) is 46.9 Å². The van der Waals surface area contributed by atoms with Crippen LogP contribution in [0.5, 0.6) is 0 Å². The highest BCUT2D eigenvalue weighted by atomic mass is 19.1. The molecule has 6 heteroatoms. The number of hydrogen-bond donors (Lipinski definition) is 2. The molecule has 5 nitrogen and oxygen atoms in total. The molecule has 0 saturated carbocycles. The van der Waals surface area contributed by atoms with Gasteiger partial charge in [-0.3, -0.25) is 15.0 Å². The average molecular weight is 460 g/mol. The smallest absolute Gasteiger partial charge is 0.126 e. The van der Waals surface area contributed by atoms with Crippen molar-refractivity contribution >= 4 is 18.1 Å². The molecule has 1 heterocycles. The minimum atomic E-state index is -0.202. The molecule has 0 fully saturated rings. The van der Waals surface area contributed by atoms with Crippen LogP contribution in [0.3, 0.4) is 0 Å². The van der Waals surface area contributed by atoms with E-state index < -0.39 is 0 Å². The third kappa shape index (κ3) is 7.66. The minimum absolute atomic E-state index is 0.00594. The summed E-state index contributed by atoms with van der Waals surface area (Å²) in [7, 11) is 0. The van der Waals surface area contributed by atoms with Gasteiger partial charge in [0, 0.05) is 36.4 Å². The Morgan fingerprint density at radius 1 is 1.15 bits per heavy atom. The Morgan fingerprint density at radius 3 is 2.50 bits per heavy atom. The molecule has 1 aromatic heterocycles. The lowest BCUT2D eigenvalue weighted by atomic mass is 9.92. The maximum absolute atomic E-state index is 14.3. The highest BCUT2D eigenvalue weighted by Gasteiger charge is 2.12. The molecule has 0 spiro atoms. The Kier molecular flexibility index (Phi) is 10.6. The lowest BCUT2D eigenvalue weighted by molar-refractivity contribution is 0.613. The zero-order valence-corrected chi connectivity index (χ0v) is 20.5. The number of nitrogens with zero attached hydrogens (tertiary/aromatic N) is 3. The molecule has 2 rings (SSSR count). The molecule has 1 atom stereocenters. The fraction of sp³-hybridized carbons (Fsp3) is 0.250. The molecular weight excluding hydrogens is 425 g/mol. The van der Waals surface area contributed by atoms with Gasteiger partial charge in [0.15, 0.2) is 0 Å². The Hall–Kier alpha value is -3.80. The summed E-state index contributed by atoms with van der Waals surface area (Å²) in [4.78, 5) is 12.9. The van der Waals surface area contributed by atoms with E-state index in [1.54, 1.807) is 31.6 Å². The molecule has 178 valence electrons. The van der Waals surface area contributed by atoms with E-state index in [0.717, 1.165) is 40.1 Å². The van der Waals surface area contributed by atoms with Crippen molar-refractivity contribution in [3.05, 3.63) is 108 Å². The topological polar surface area (TPSA) is 61.7 Å². The van der Waals surface area contributed by atoms with E-state index in [-0.39, 0.29) is 11.7 Å². The molecule has 0 amide bonds. The molecule has 1 aromatic carbocycles. The first-order valence-corrected chi connectivity index (χ1v) is 11.2. The summed E-state index contributed by atoms with van der Waals surface area (Å²) >= 11 is 0. The molecular formula is C28H34FN5. The number of hydrogen-bond acceptors (Lipinski definition) is 5. The Bertz CT molecular complexity index is 1090. The number of nitrogens with one attached hydrogen (secondary N) is 2. The molecule has 2 N–H and O–H groups in total. The lowest BCUT2D eigenvalue weighted by Crippen LogP contribution is -2.08. The van der Waals surface area contributed by atoms with Crippen LogP contribution in [0.4, 0.5) is 10.1 Å². The molecule has 0 aliphatic rings. The first-order valence-electron chi connectivity index (χ1n) is 11.2. The summed E-state index contributed by atoms with van der Waals surface area (Å²) in [6, 6.07) is 5.40. The van der Waals surface area contributed by atoms with Gasteiger partial charge in [0.1, 0.15) is 12.5 Å². The average Bonchev–Trinajstić information content (AvgIpc) is 2.82. The van der Waals surface area contributed by atoms with Gasteiger partial charge in [-0.25, -0.2) is 4.39 Å². The monoisotopic (exact) mass is 459 g/mol. The maximum Gasteiger partial charge on any atom is 0.126 e. The largest absolute Gasteiger partial charge is 0.368 e. The third-order valence-electron chi connectivity index (χ3n) is 5.39. The molecule has 0 aliphatic carbocycles. The van der Waals surface area contributed by atoms with Crippen LogP contribution in [0.1, 0.15) is 41.5 Å². The number of aryl methyl sites for hydroxylation is 3. The van der Waals surface area contributed by atoms with Crippen LogP contribution in [0.15, 0.2) is 89.6 Å². The number of aliphatic imine (C=N–C) groups is 2. The fourth-order valence-electron chi connectivity index (χ4n) is 3.49. The number of aromatic nitrogens is 1. The molecule has 0 radical (unpaired) electrons. The van der Waals surface area contributed by atoms with E-state index in [1.165, 1.54) is 0 Å². The van der Waals surface area contributed by atoms with Crippen LogP contribution < -0.4 is 10.6 Å². The number of allylic oxidation sites excluding steroid dienone is 4. The summed E-state index contributed by atoms with van der Waals surface area (Å²) in [5, 5.41) is 6.36. The Morgan fingerprint density at radius 2 is 1.88 bits per heavy atom. The van der Waals surface area contributed by atoms with Crippen molar-refractivity contribution in [2.75, 3.05) is 12.0 Å². The number of anilines is 1. The van der Waals surface area contributed by atoms with E-state index in [0.29, 0.717) is 12.2 Å². The first kappa shape index (κ1) is 26.5. The highest BCUT2D eigenvalue weighted by molar-refractivity contribution is 6.10. The normalized spacial score (nSPS) is 13.3. The van der Waals surface area contributed by atoms with Gasteiger partial charge >= 0.3 is 0 Å². The van der Waals surface area contributed by atoms with Gasteiger partial charge in [0.05, 0.1) is 5.71 Å². The Labute approximate surface area is 202 Å². The van der Waals surface area contributed by atoms with Crippen molar-refractivity contribution in [3.8, 4) is 0 Å². The molecule has 0 aliphatic heterocycles. The zero-order valence-electron chi connectivity index (χ0n) is 20.5. The lowest BCUT2D eigenvalue weighted by Gasteiger charge is -2.15. The van der Waals surface area contributed by atoms with Gasteiger partial charge in [0.25, 0.3) is 0 Å². The Balaban J connectivity index is 2.46.